The smallest absolute Gasteiger partial charge is 0.407 e. The van der Waals surface area contributed by atoms with Crippen molar-refractivity contribution >= 4 is 18.0 Å². The van der Waals surface area contributed by atoms with Crippen LogP contribution in [0.5, 0.6) is 0 Å². The summed E-state index contributed by atoms with van der Waals surface area (Å²) in [5, 5.41) is 12.1. The first-order valence-electron chi connectivity index (χ1n) is 12.6. The fourth-order valence-corrected chi connectivity index (χ4v) is 6.53. The molecule has 35 heavy (non-hydrogen) atoms. The van der Waals surface area contributed by atoms with Crippen molar-refractivity contribution in [2.45, 2.75) is 31.6 Å². The summed E-state index contributed by atoms with van der Waals surface area (Å²) in [6.07, 6.45) is 2.80. The number of benzene rings is 2. The molecule has 2 N–H and O–H groups in total. The minimum absolute atomic E-state index is 0.0172. The van der Waals surface area contributed by atoms with Gasteiger partial charge in [-0.05, 0) is 52.3 Å². The van der Waals surface area contributed by atoms with Gasteiger partial charge in [0.1, 0.15) is 6.61 Å². The molecule has 1 unspecified atom stereocenters. The third-order valence-electron chi connectivity index (χ3n) is 8.72. The zero-order valence-corrected chi connectivity index (χ0v) is 19.6. The van der Waals surface area contributed by atoms with E-state index >= 15 is 0 Å². The number of nitrogens with one attached hydrogen (secondary N) is 1. The molecule has 0 spiro atoms. The van der Waals surface area contributed by atoms with Gasteiger partial charge in [0.05, 0.1) is 5.92 Å². The lowest BCUT2D eigenvalue weighted by molar-refractivity contribution is -0.141. The number of carbonyl (C=O) groups excluding carboxylic acids is 2. The van der Waals surface area contributed by atoms with Crippen LogP contribution in [0.3, 0.4) is 0 Å². The highest BCUT2D eigenvalue weighted by molar-refractivity contribution is 5.81. The molecule has 3 atom stereocenters. The van der Waals surface area contributed by atoms with E-state index in [1.54, 1.807) is 0 Å². The van der Waals surface area contributed by atoms with Gasteiger partial charge in [0.2, 0.25) is 5.91 Å². The number of rotatable bonds is 7. The number of hydrogen-bond acceptors (Lipinski definition) is 4. The van der Waals surface area contributed by atoms with Crippen LogP contribution in [0.15, 0.2) is 48.5 Å². The predicted molar refractivity (Wildman–Crippen MR) is 129 cm³/mol. The van der Waals surface area contributed by atoms with Gasteiger partial charge in [-0.3, -0.25) is 9.59 Å². The van der Waals surface area contributed by atoms with Gasteiger partial charge >= 0.3 is 12.1 Å². The van der Waals surface area contributed by atoms with E-state index in [0.717, 1.165) is 19.3 Å². The van der Waals surface area contributed by atoms with Gasteiger partial charge in [-0.2, -0.15) is 0 Å². The molecule has 0 bridgehead atoms. The number of likely N-dealkylation sites (tertiary alicyclic amines) is 1. The van der Waals surface area contributed by atoms with Gasteiger partial charge in [-0.25, -0.2) is 4.79 Å². The largest absolute Gasteiger partial charge is 0.481 e. The highest BCUT2D eigenvalue weighted by Crippen LogP contribution is 2.52. The van der Waals surface area contributed by atoms with Crippen molar-refractivity contribution in [2.75, 3.05) is 26.2 Å². The number of amides is 2. The highest BCUT2D eigenvalue weighted by atomic mass is 16.5. The molecular formula is C28H30N2O5. The van der Waals surface area contributed by atoms with Crippen molar-refractivity contribution in [3.63, 3.8) is 0 Å². The Labute approximate surface area is 204 Å². The van der Waals surface area contributed by atoms with Crippen molar-refractivity contribution in [2.24, 2.45) is 23.2 Å². The van der Waals surface area contributed by atoms with Crippen LogP contribution in [-0.2, 0) is 14.3 Å². The molecule has 1 saturated heterocycles. The molecule has 1 aliphatic heterocycles. The Morgan fingerprint density at radius 1 is 0.971 bits per heavy atom. The van der Waals surface area contributed by atoms with Crippen LogP contribution in [0.25, 0.3) is 11.1 Å². The van der Waals surface area contributed by atoms with Crippen LogP contribution < -0.4 is 5.32 Å². The van der Waals surface area contributed by atoms with E-state index in [0.29, 0.717) is 26.1 Å². The number of ether oxygens (including phenoxy) is 1. The summed E-state index contributed by atoms with van der Waals surface area (Å²) in [4.78, 5) is 38.5. The molecule has 0 aromatic heterocycles. The van der Waals surface area contributed by atoms with Crippen molar-refractivity contribution < 1.29 is 24.2 Å². The van der Waals surface area contributed by atoms with Gasteiger partial charge in [0.15, 0.2) is 0 Å². The summed E-state index contributed by atoms with van der Waals surface area (Å²) in [5.74, 6) is -0.679. The van der Waals surface area contributed by atoms with Crippen LogP contribution >= 0.6 is 0 Å². The zero-order valence-electron chi connectivity index (χ0n) is 19.6. The Kier molecular flexibility index (Phi) is 5.31. The SMILES string of the molecule is O=C(NCC1(CC(=O)N2C[C@@H]3C(C(=O)O)[C@@H]3C2)CCC1)OCC1c2ccccc2-c2ccccc21. The van der Waals surface area contributed by atoms with Crippen LogP contribution in [0.1, 0.15) is 42.7 Å². The Morgan fingerprint density at radius 2 is 1.57 bits per heavy atom. The van der Waals surface area contributed by atoms with E-state index in [4.69, 9.17) is 4.74 Å². The maximum Gasteiger partial charge on any atom is 0.407 e. The molecule has 3 fully saturated rings. The number of nitrogens with zero attached hydrogens (tertiary/aromatic N) is 1. The first-order valence-corrected chi connectivity index (χ1v) is 12.6. The fourth-order valence-electron chi connectivity index (χ4n) is 6.53. The van der Waals surface area contributed by atoms with E-state index < -0.39 is 12.1 Å². The number of carboxylic acids is 1. The molecule has 7 nitrogen and oxygen atoms in total. The van der Waals surface area contributed by atoms with E-state index in [9.17, 15) is 19.5 Å². The van der Waals surface area contributed by atoms with Crippen LogP contribution in [-0.4, -0.2) is 54.2 Å². The summed E-state index contributed by atoms with van der Waals surface area (Å²) < 4.78 is 5.66. The number of carboxylic acid groups (broad SMARTS) is 1. The predicted octanol–water partition coefficient (Wildman–Crippen LogP) is 3.87. The maximum absolute atomic E-state index is 12.9. The Balaban J connectivity index is 1.02. The second-order valence-corrected chi connectivity index (χ2v) is 10.7. The first-order chi connectivity index (χ1) is 17.0. The van der Waals surface area contributed by atoms with E-state index in [2.05, 4.69) is 29.6 Å². The molecule has 3 aliphatic carbocycles. The molecule has 182 valence electrons. The van der Waals surface area contributed by atoms with Gasteiger partial charge in [-0.1, -0.05) is 55.0 Å². The molecule has 4 aliphatic rings. The maximum atomic E-state index is 12.9. The standard InChI is InChI=1S/C28H30N2O5/c31-24(30-13-21-22(14-30)25(21)26(32)33)12-28(10-5-11-28)16-29-27(34)35-15-23-19-8-3-1-6-17(19)18-7-2-4-9-20(18)23/h1-4,6-9,21-23,25H,5,10-16H2,(H,29,34)(H,32,33)/t21-,22+,25?. The molecule has 2 aromatic carbocycles. The zero-order chi connectivity index (χ0) is 24.2. The van der Waals surface area contributed by atoms with Crippen molar-refractivity contribution in [1.82, 2.24) is 10.2 Å². The number of carbonyl (C=O) groups is 3. The highest BCUT2D eigenvalue weighted by Gasteiger charge is 2.60. The monoisotopic (exact) mass is 474 g/mol. The Bertz CT molecular complexity index is 1130. The molecular weight excluding hydrogens is 444 g/mol. The van der Waals surface area contributed by atoms with Gasteiger partial charge < -0.3 is 20.1 Å². The second-order valence-electron chi connectivity index (χ2n) is 10.7. The number of hydrogen-bond donors (Lipinski definition) is 2. The van der Waals surface area contributed by atoms with Gasteiger partial charge in [0, 0.05) is 32.0 Å². The number of aliphatic carboxylic acids is 1. The summed E-state index contributed by atoms with van der Waals surface area (Å²) in [7, 11) is 0. The van der Waals surface area contributed by atoms with Crippen molar-refractivity contribution in [3.8, 4) is 11.1 Å². The molecule has 7 heteroatoms. The minimum Gasteiger partial charge on any atom is -0.481 e. The summed E-state index contributed by atoms with van der Waals surface area (Å²) in [6.45, 7) is 1.80. The molecule has 1 heterocycles. The second kappa shape index (κ2) is 8.40. The number of fused-ring (bicyclic) bond motifs is 4. The third kappa shape index (κ3) is 3.87. The first kappa shape index (κ1) is 22.1. The van der Waals surface area contributed by atoms with E-state index in [-0.39, 0.29) is 41.6 Å². The summed E-state index contributed by atoms with van der Waals surface area (Å²) in [6, 6.07) is 16.5. The van der Waals surface area contributed by atoms with E-state index in [1.165, 1.54) is 22.3 Å². The number of alkyl carbamates (subject to hydrolysis) is 1. The molecule has 2 saturated carbocycles. The number of piperidine rings is 1. The minimum atomic E-state index is -0.741. The molecule has 0 radical (unpaired) electrons. The summed E-state index contributed by atoms with van der Waals surface area (Å²) >= 11 is 0. The lowest BCUT2D eigenvalue weighted by Gasteiger charge is -2.42. The summed E-state index contributed by atoms with van der Waals surface area (Å²) in [5.41, 5.74) is 4.52. The molecule has 2 amide bonds. The Morgan fingerprint density at radius 3 is 2.11 bits per heavy atom. The average Bonchev–Trinajstić information content (AvgIpc) is 3.19. The van der Waals surface area contributed by atoms with Gasteiger partial charge in [0.25, 0.3) is 0 Å². The van der Waals surface area contributed by atoms with Crippen molar-refractivity contribution in [3.05, 3.63) is 59.7 Å². The van der Waals surface area contributed by atoms with Crippen molar-refractivity contribution in [1.29, 1.82) is 0 Å². The molecule has 6 rings (SSSR count). The molecule has 2 aromatic rings. The van der Waals surface area contributed by atoms with E-state index in [1.807, 2.05) is 29.2 Å². The van der Waals surface area contributed by atoms with Crippen LogP contribution in [0.4, 0.5) is 4.79 Å². The quantitative estimate of drug-likeness (QED) is 0.635. The fraction of sp³-hybridized carbons (Fsp3) is 0.464. The normalized spacial score (nSPS) is 25.1. The lowest BCUT2D eigenvalue weighted by Crippen LogP contribution is -2.46. The topological polar surface area (TPSA) is 95.9 Å². The Hall–Kier alpha value is -3.35. The average molecular weight is 475 g/mol. The third-order valence-corrected chi connectivity index (χ3v) is 8.72. The van der Waals surface area contributed by atoms with Crippen LogP contribution in [0.2, 0.25) is 0 Å². The van der Waals surface area contributed by atoms with Gasteiger partial charge in [-0.15, -0.1) is 0 Å². The van der Waals surface area contributed by atoms with Crippen LogP contribution in [0, 0.1) is 23.2 Å². The lowest BCUT2D eigenvalue weighted by atomic mass is 9.66.